The monoisotopic (exact) mass is 942 g/mol. The third-order valence-electron chi connectivity index (χ3n) is 13.2. The minimum atomic E-state index is -1.28. The highest BCUT2D eigenvalue weighted by Gasteiger charge is 2.46. The Morgan fingerprint density at radius 3 is 0.957 bits per heavy atom. The summed E-state index contributed by atoms with van der Waals surface area (Å²) >= 11 is 0. The molecule has 6 atom stereocenters. The Balaban J connectivity index is 1.24. The van der Waals surface area contributed by atoms with E-state index in [-0.39, 0.29) is 86.8 Å². The zero-order chi connectivity index (χ0) is 48.9. The van der Waals surface area contributed by atoms with Crippen LogP contribution in [-0.4, -0.2) is 76.6 Å². The molecule has 69 heavy (non-hydrogen) atoms. The summed E-state index contributed by atoms with van der Waals surface area (Å²) in [5.41, 5.74) is 0.412. The molecular weight excluding hydrogens is 901 g/mol. The Labute approximate surface area is 389 Å². The van der Waals surface area contributed by atoms with Gasteiger partial charge in [0.15, 0.2) is 34.5 Å². The highest BCUT2D eigenvalue weighted by Crippen LogP contribution is 2.64. The second kappa shape index (κ2) is 16.1. The minimum Gasteiger partial charge on any atom is -0.508 e. The molecule has 18 heteroatoms. The van der Waals surface area contributed by atoms with Crippen molar-refractivity contribution < 1.29 is 90.8 Å². The van der Waals surface area contributed by atoms with Crippen molar-refractivity contribution in [2.75, 3.05) is 0 Å². The number of hydrogen-bond donors (Lipinski definition) is 15. The van der Waals surface area contributed by atoms with Gasteiger partial charge in [-0.05, 0) is 53.1 Å². The lowest BCUT2D eigenvalue weighted by molar-refractivity contribution is 0.143. The van der Waals surface area contributed by atoms with Crippen LogP contribution >= 0.6 is 0 Å². The van der Waals surface area contributed by atoms with Gasteiger partial charge >= 0.3 is 0 Å². The van der Waals surface area contributed by atoms with E-state index in [0.717, 1.165) is 30.3 Å². The molecular formula is C51H42O18. The molecule has 0 unspecified atom stereocenters. The van der Waals surface area contributed by atoms with E-state index in [1.54, 1.807) is 0 Å². The van der Waals surface area contributed by atoms with Crippen molar-refractivity contribution in [2.24, 2.45) is 0 Å². The van der Waals surface area contributed by atoms with Crippen molar-refractivity contribution in [3.05, 3.63) is 141 Å². The molecule has 0 amide bonds. The molecule has 0 aromatic heterocycles. The highest BCUT2D eigenvalue weighted by atomic mass is 16.5. The van der Waals surface area contributed by atoms with E-state index in [1.807, 2.05) is 0 Å². The summed E-state index contributed by atoms with van der Waals surface area (Å²) in [4.78, 5) is 0. The Kier molecular flexibility index (Phi) is 10.2. The molecule has 354 valence electrons. The molecule has 0 radical (unpaired) electrons. The van der Waals surface area contributed by atoms with E-state index >= 15 is 0 Å². The van der Waals surface area contributed by atoms with Gasteiger partial charge in [0.05, 0.1) is 0 Å². The fourth-order valence-corrected chi connectivity index (χ4v) is 10.1. The maximum atomic E-state index is 12.2. The molecule has 0 aliphatic carbocycles. The van der Waals surface area contributed by atoms with Crippen LogP contribution < -0.4 is 14.2 Å². The predicted molar refractivity (Wildman–Crippen MR) is 240 cm³/mol. The van der Waals surface area contributed by atoms with Crippen molar-refractivity contribution in [3.8, 4) is 103 Å². The van der Waals surface area contributed by atoms with E-state index < -0.39 is 117 Å². The number of phenols is 15. The quantitative estimate of drug-likeness (QED) is 0.0698. The summed E-state index contributed by atoms with van der Waals surface area (Å²) in [6, 6.07) is 18.0. The van der Waals surface area contributed by atoms with Crippen LogP contribution in [0.4, 0.5) is 0 Å². The van der Waals surface area contributed by atoms with Crippen LogP contribution in [0.3, 0.4) is 0 Å². The molecule has 3 heterocycles. The summed E-state index contributed by atoms with van der Waals surface area (Å²) in [7, 11) is 0. The minimum absolute atomic E-state index is 0.0494. The first-order valence-electron chi connectivity index (χ1n) is 21.4. The van der Waals surface area contributed by atoms with E-state index in [0.29, 0.717) is 5.56 Å². The normalized spacial score (nSPS) is 20.3. The van der Waals surface area contributed by atoms with Crippen LogP contribution in [0.1, 0.15) is 105 Å². The van der Waals surface area contributed by atoms with Crippen LogP contribution in [0, 0.1) is 0 Å². The van der Waals surface area contributed by atoms with E-state index in [2.05, 4.69) is 0 Å². The van der Waals surface area contributed by atoms with Crippen molar-refractivity contribution in [1.29, 1.82) is 0 Å². The van der Waals surface area contributed by atoms with Crippen LogP contribution in [0.5, 0.6) is 103 Å². The Hall–Kier alpha value is -9.06. The molecule has 7 aromatic carbocycles. The number of phenolic OH excluding ortho intramolecular Hbond substituents is 15. The third kappa shape index (κ3) is 7.29. The number of rotatable bonds is 6. The topological polar surface area (TPSA) is 331 Å². The molecule has 0 fully saturated rings. The van der Waals surface area contributed by atoms with Crippen molar-refractivity contribution in [3.63, 3.8) is 0 Å². The predicted octanol–water partition coefficient (Wildman–Crippen LogP) is 8.24. The van der Waals surface area contributed by atoms with Gasteiger partial charge in [-0.2, -0.15) is 0 Å². The second-order valence-electron chi connectivity index (χ2n) is 17.3. The lowest BCUT2D eigenvalue weighted by Crippen LogP contribution is -2.26. The van der Waals surface area contributed by atoms with E-state index in [1.165, 1.54) is 60.7 Å². The second-order valence-corrected chi connectivity index (χ2v) is 17.3. The van der Waals surface area contributed by atoms with Crippen molar-refractivity contribution >= 4 is 0 Å². The summed E-state index contributed by atoms with van der Waals surface area (Å²) in [6.45, 7) is 0. The van der Waals surface area contributed by atoms with Crippen LogP contribution in [0.2, 0.25) is 0 Å². The standard InChI is InChI=1S/C51H42O18/c52-22-10-33(60)44(34(61)11-22)24-14-41(20-2-5-28(55)31(58)8-20)68-50-46(24)36(63)17-38(65)48(50)26-16-42(21-3-6-29(56)32(59)9-21)69-51-47(37(64)18-39(66)49(26)51)25-15-40(19-1-4-27(54)30(57)7-19)67-43-13-23(53)12-35(62)45(25)43/h1-13,17-18,24-26,40-42,52-66H,14-16H2/t24-,25+,26-,40-,41-,42-/m0/s1. The Morgan fingerprint density at radius 2 is 0.580 bits per heavy atom. The number of ether oxygens (including phenoxy) is 3. The SMILES string of the molecule is Oc1cc(O)c([C@@H]2C[C@@H](c3ccc(O)c(O)c3)Oc3c([C@@H]4C[C@@H](c5ccc(O)c(O)c5)Oc5c4c(O)cc(O)c5[C@@H]4C[C@@H](c5ccc(O)c(O)c5)Oc5cc(O)cc(O)c54)c(O)cc(O)c32)c(O)c1. The van der Waals surface area contributed by atoms with Gasteiger partial charge in [-0.25, -0.2) is 0 Å². The molecule has 0 spiro atoms. The maximum Gasteiger partial charge on any atom is 0.157 e. The fourth-order valence-electron chi connectivity index (χ4n) is 10.1. The van der Waals surface area contributed by atoms with Crippen molar-refractivity contribution in [2.45, 2.75) is 55.3 Å². The van der Waals surface area contributed by atoms with Crippen LogP contribution in [-0.2, 0) is 0 Å². The van der Waals surface area contributed by atoms with Gasteiger partial charge < -0.3 is 90.8 Å². The smallest absolute Gasteiger partial charge is 0.157 e. The first kappa shape index (κ1) is 43.8. The lowest BCUT2D eigenvalue weighted by Gasteiger charge is -2.40. The lowest BCUT2D eigenvalue weighted by atomic mass is 9.74. The van der Waals surface area contributed by atoms with Crippen LogP contribution in [0.25, 0.3) is 0 Å². The van der Waals surface area contributed by atoms with Gasteiger partial charge in [-0.3, -0.25) is 0 Å². The summed E-state index contributed by atoms with van der Waals surface area (Å²) in [5, 5.41) is 166. The van der Waals surface area contributed by atoms with E-state index in [9.17, 15) is 76.6 Å². The molecule has 3 aliphatic heterocycles. The largest absolute Gasteiger partial charge is 0.508 e. The summed E-state index contributed by atoms with van der Waals surface area (Å²) < 4.78 is 19.7. The van der Waals surface area contributed by atoms with Gasteiger partial charge in [0.1, 0.15) is 87.3 Å². The number of hydrogen-bond acceptors (Lipinski definition) is 18. The number of aromatic hydroxyl groups is 15. The highest BCUT2D eigenvalue weighted by molar-refractivity contribution is 5.71. The molecule has 15 N–H and O–H groups in total. The zero-order valence-corrected chi connectivity index (χ0v) is 35.7. The fraction of sp³-hybridized carbons (Fsp3) is 0.176. The zero-order valence-electron chi connectivity index (χ0n) is 35.7. The van der Waals surface area contributed by atoms with Gasteiger partial charge in [-0.1, -0.05) is 18.2 Å². The Morgan fingerprint density at radius 1 is 0.275 bits per heavy atom. The van der Waals surface area contributed by atoms with Gasteiger partial charge in [0.2, 0.25) is 0 Å². The van der Waals surface area contributed by atoms with Gasteiger partial charge in [-0.15, -0.1) is 0 Å². The third-order valence-corrected chi connectivity index (χ3v) is 13.2. The number of fused-ring (bicyclic) bond motifs is 3. The summed E-state index contributed by atoms with van der Waals surface area (Å²) in [6.07, 6.45) is -3.80. The molecule has 0 saturated carbocycles. The van der Waals surface area contributed by atoms with Gasteiger partial charge in [0, 0.05) is 107 Å². The van der Waals surface area contributed by atoms with E-state index in [4.69, 9.17) is 14.2 Å². The average Bonchev–Trinajstić information content (AvgIpc) is 3.28. The average molecular weight is 943 g/mol. The van der Waals surface area contributed by atoms with Gasteiger partial charge in [0.25, 0.3) is 0 Å². The summed E-state index contributed by atoms with van der Waals surface area (Å²) in [5.74, 6) is -11.8. The number of benzene rings is 7. The molecule has 7 aromatic rings. The van der Waals surface area contributed by atoms with Crippen LogP contribution in [0.15, 0.2) is 91.0 Å². The molecule has 3 aliphatic rings. The molecule has 0 saturated heterocycles. The maximum absolute atomic E-state index is 12.2. The Bertz CT molecular complexity index is 3230. The molecule has 18 nitrogen and oxygen atoms in total. The van der Waals surface area contributed by atoms with Crippen molar-refractivity contribution in [1.82, 2.24) is 0 Å². The molecule has 10 rings (SSSR count). The first-order valence-corrected chi connectivity index (χ1v) is 21.4. The molecule has 0 bridgehead atoms. The first-order chi connectivity index (χ1) is 32.9.